The third kappa shape index (κ3) is 3.98. The largest absolute Gasteiger partial charge is 0.274 e. The first-order valence-corrected chi connectivity index (χ1v) is 12.2. The minimum absolute atomic E-state index is 0.0163. The molecule has 0 aliphatic carbocycles. The zero-order chi connectivity index (χ0) is 21.3. The van der Waals surface area contributed by atoms with E-state index in [1.54, 1.807) is 42.5 Å². The minimum Gasteiger partial charge on any atom is -0.274 e. The van der Waals surface area contributed by atoms with Crippen molar-refractivity contribution >= 4 is 54.8 Å². The van der Waals surface area contributed by atoms with Crippen molar-refractivity contribution in [1.29, 1.82) is 0 Å². The predicted molar refractivity (Wildman–Crippen MR) is 119 cm³/mol. The van der Waals surface area contributed by atoms with E-state index in [1.165, 1.54) is 23.5 Å². The molecule has 2 heterocycles. The average molecular weight is 505 g/mol. The number of rotatable bonds is 6. The van der Waals surface area contributed by atoms with Gasteiger partial charge in [-0.2, -0.15) is 4.31 Å². The summed E-state index contributed by atoms with van der Waals surface area (Å²) in [5.74, 6) is -0.957. The van der Waals surface area contributed by atoms with Gasteiger partial charge in [0.05, 0.1) is 17.0 Å². The van der Waals surface area contributed by atoms with Crippen LogP contribution < -0.4 is 4.90 Å². The third-order valence-electron chi connectivity index (χ3n) is 4.80. The lowest BCUT2D eigenvalue weighted by atomic mass is 10.2. The first-order chi connectivity index (χ1) is 14.4. The Hall–Kier alpha value is -2.33. The van der Waals surface area contributed by atoms with Gasteiger partial charge in [0.2, 0.25) is 15.9 Å². The quantitative estimate of drug-likeness (QED) is 0.474. The molecule has 154 valence electrons. The number of hydrogen-bond donors (Lipinski definition) is 0. The summed E-state index contributed by atoms with van der Waals surface area (Å²) < 4.78 is 28.9. The average Bonchev–Trinajstić information content (AvgIpc) is 3.34. The number of hydrogen-bond acceptors (Lipinski definition) is 5. The molecule has 2 aromatic carbocycles. The molecule has 0 saturated carbocycles. The maximum absolute atomic E-state index is 13.5. The maximum Gasteiger partial charge on any atom is 0.252 e. The first-order valence-electron chi connectivity index (χ1n) is 9.09. The molecule has 0 spiro atoms. The molecule has 0 bridgehead atoms. The zero-order valence-electron chi connectivity index (χ0n) is 15.6. The lowest BCUT2D eigenvalue weighted by molar-refractivity contribution is -0.122. The number of carbonyl (C=O) groups excluding carboxylic acids is 2. The Kier molecular flexibility index (Phi) is 5.88. The molecule has 1 aliphatic heterocycles. The molecular formula is C21H17BrN2O4S2. The van der Waals surface area contributed by atoms with Crippen LogP contribution in [0.25, 0.3) is 0 Å². The molecule has 0 N–H and O–H groups in total. The highest BCUT2D eigenvalue weighted by Gasteiger charge is 2.47. The number of para-hydroxylation sites is 1. The normalized spacial score (nSPS) is 17.1. The molecule has 3 aromatic rings. The second kappa shape index (κ2) is 8.43. The van der Waals surface area contributed by atoms with Crippen LogP contribution in [0.3, 0.4) is 0 Å². The van der Waals surface area contributed by atoms with Crippen LogP contribution in [0.5, 0.6) is 0 Å². The molecule has 2 amide bonds. The van der Waals surface area contributed by atoms with Crippen LogP contribution in [0.4, 0.5) is 5.69 Å². The summed E-state index contributed by atoms with van der Waals surface area (Å²) in [5, 5.41) is 1.84. The Morgan fingerprint density at radius 2 is 1.70 bits per heavy atom. The Balaban J connectivity index is 1.74. The van der Waals surface area contributed by atoms with Crippen molar-refractivity contribution in [2.45, 2.75) is 23.9 Å². The molecule has 9 heteroatoms. The van der Waals surface area contributed by atoms with E-state index in [2.05, 4.69) is 15.9 Å². The van der Waals surface area contributed by atoms with E-state index < -0.39 is 27.9 Å². The Morgan fingerprint density at radius 1 is 1.00 bits per heavy atom. The number of imide groups is 1. The van der Waals surface area contributed by atoms with Gasteiger partial charge in [0, 0.05) is 15.9 Å². The molecular weight excluding hydrogens is 488 g/mol. The van der Waals surface area contributed by atoms with Crippen molar-refractivity contribution in [2.24, 2.45) is 0 Å². The molecule has 6 nitrogen and oxygen atoms in total. The molecule has 1 aromatic heterocycles. The van der Waals surface area contributed by atoms with E-state index in [0.29, 0.717) is 5.69 Å². The van der Waals surface area contributed by atoms with Crippen molar-refractivity contribution in [3.63, 3.8) is 0 Å². The van der Waals surface area contributed by atoms with Crippen molar-refractivity contribution in [2.75, 3.05) is 4.90 Å². The van der Waals surface area contributed by atoms with Crippen molar-refractivity contribution in [3.8, 4) is 0 Å². The Morgan fingerprint density at radius 3 is 2.33 bits per heavy atom. The second-order valence-corrected chi connectivity index (χ2v) is 10.5. The molecule has 1 aliphatic rings. The number of anilines is 1. The van der Waals surface area contributed by atoms with Crippen molar-refractivity contribution in [3.05, 3.63) is 81.5 Å². The summed E-state index contributed by atoms with van der Waals surface area (Å²) >= 11 is 4.70. The predicted octanol–water partition coefficient (Wildman–Crippen LogP) is 4.03. The fourth-order valence-electron chi connectivity index (χ4n) is 3.35. The van der Waals surface area contributed by atoms with Gasteiger partial charge < -0.3 is 0 Å². The van der Waals surface area contributed by atoms with E-state index in [4.69, 9.17) is 0 Å². The molecule has 4 rings (SSSR count). The van der Waals surface area contributed by atoms with Crippen LogP contribution in [0.2, 0.25) is 0 Å². The highest BCUT2D eigenvalue weighted by molar-refractivity contribution is 9.10. The molecule has 0 radical (unpaired) electrons. The molecule has 1 fully saturated rings. The molecule has 1 unspecified atom stereocenters. The van der Waals surface area contributed by atoms with Crippen LogP contribution in [0.15, 0.2) is 81.5 Å². The van der Waals surface area contributed by atoms with E-state index in [0.717, 1.165) is 18.6 Å². The van der Waals surface area contributed by atoms with E-state index >= 15 is 0 Å². The monoisotopic (exact) mass is 504 g/mol. The molecule has 1 saturated heterocycles. The summed E-state index contributed by atoms with van der Waals surface area (Å²) in [6, 6.07) is 17.3. The fourth-order valence-corrected chi connectivity index (χ4v) is 5.96. The number of nitrogens with zero attached hydrogens (tertiary/aromatic N) is 2. The van der Waals surface area contributed by atoms with Gasteiger partial charge in [0.15, 0.2) is 0 Å². The van der Waals surface area contributed by atoms with Crippen molar-refractivity contribution < 1.29 is 18.0 Å². The van der Waals surface area contributed by atoms with Gasteiger partial charge in [-0.05, 0) is 47.8 Å². The number of halogens is 1. The van der Waals surface area contributed by atoms with Gasteiger partial charge in [0.25, 0.3) is 5.91 Å². The summed E-state index contributed by atoms with van der Waals surface area (Å²) in [6.45, 7) is 0.0163. The van der Waals surface area contributed by atoms with Gasteiger partial charge in [-0.25, -0.2) is 13.3 Å². The Bertz CT molecular complexity index is 1160. The third-order valence-corrected chi connectivity index (χ3v) is 8.06. The second-order valence-electron chi connectivity index (χ2n) is 6.71. The first kappa shape index (κ1) is 20.9. The number of amides is 2. The SMILES string of the molecule is O=C1CC(N(Cc2cccs2)S(=O)(=O)c2ccc(Br)cc2)C(=O)N1c1ccccc1. The summed E-state index contributed by atoms with van der Waals surface area (Å²) in [7, 11) is -4.02. The topological polar surface area (TPSA) is 74.8 Å². The number of benzene rings is 2. The van der Waals surface area contributed by atoms with Crippen LogP contribution in [-0.2, 0) is 26.2 Å². The molecule has 30 heavy (non-hydrogen) atoms. The molecule has 1 atom stereocenters. The highest BCUT2D eigenvalue weighted by Crippen LogP contribution is 2.31. The standard InChI is InChI=1S/C21H17BrN2O4S2/c22-15-8-10-18(11-9-15)30(27,28)23(14-17-7-4-12-29-17)19-13-20(25)24(21(19)26)16-5-2-1-3-6-16/h1-12,19H,13-14H2. The van der Waals surface area contributed by atoms with Gasteiger partial charge in [-0.3, -0.25) is 9.59 Å². The van der Waals surface area contributed by atoms with Gasteiger partial charge >= 0.3 is 0 Å². The lowest BCUT2D eigenvalue weighted by Crippen LogP contribution is -2.44. The smallest absolute Gasteiger partial charge is 0.252 e. The Labute approximate surface area is 186 Å². The van der Waals surface area contributed by atoms with E-state index in [-0.39, 0.29) is 17.9 Å². The van der Waals surface area contributed by atoms with Crippen LogP contribution in [0.1, 0.15) is 11.3 Å². The van der Waals surface area contributed by atoms with Gasteiger partial charge in [0.1, 0.15) is 6.04 Å². The van der Waals surface area contributed by atoms with Crippen LogP contribution in [-0.4, -0.2) is 30.6 Å². The lowest BCUT2D eigenvalue weighted by Gasteiger charge is -2.26. The maximum atomic E-state index is 13.5. The van der Waals surface area contributed by atoms with Gasteiger partial charge in [-0.1, -0.05) is 40.2 Å². The van der Waals surface area contributed by atoms with E-state index in [9.17, 15) is 18.0 Å². The van der Waals surface area contributed by atoms with Crippen LogP contribution >= 0.6 is 27.3 Å². The summed E-state index contributed by atoms with van der Waals surface area (Å²) in [6.07, 6.45) is -0.200. The zero-order valence-corrected chi connectivity index (χ0v) is 18.9. The minimum atomic E-state index is -4.02. The highest BCUT2D eigenvalue weighted by atomic mass is 79.9. The summed E-state index contributed by atoms with van der Waals surface area (Å²) in [4.78, 5) is 27.8. The fraction of sp³-hybridized carbons (Fsp3) is 0.143. The van der Waals surface area contributed by atoms with Crippen LogP contribution in [0, 0.1) is 0 Å². The van der Waals surface area contributed by atoms with Gasteiger partial charge in [-0.15, -0.1) is 11.3 Å². The number of thiophene rings is 1. The van der Waals surface area contributed by atoms with Crippen molar-refractivity contribution in [1.82, 2.24) is 4.31 Å². The summed E-state index contributed by atoms with van der Waals surface area (Å²) in [5.41, 5.74) is 0.437. The number of sulfonamides is 1. The number of carbonyl (C=O) groups is 2. The van der Waals surface area contributed by atoms with E-state index in [1.807, 2.05) is 17.5 Å².